The fraction of sp³-hybridized carbons (Fsp3) is 1.00. The first-order chi connectivity index (χ1) is 14.1. The number of aliphatic hydroxyl groups is 2. The number of aliphatic hydroxyl groups excluding tert-OH is 2. The SMILES string of the molecule is OC1CCC(OC2CCC(OC3CCC(OC4CCC(O)CC4)CC3)CC2)CC1. The predicted octanol–water partition coefficient (Wildman–Crippen LogP) is 4.27. The summed E-state index contributed by atoms with van der Waals surface area (Å²) in [5.41, 5.74) is 0. The monoisotopic (exact) mass is 410 g/mol. The van der Waals surface area contributed by atoms with Gasteiger partial charge in [-0.2, -0.15) is 0 Å². The Labute approximate surface area is 176 Å². The van der Waals surface area contributed by atoms with E-state index < -0.39 is 0 Å². The third kappa shape index (κ3) is 6.90. The van der Waals surface area contributed by atoms with E-state index in [1.807, 2.05) is 0 Å². The summed E-state index contributed by atoms with van der Waals surface area (Å²) in [6.45, 7) is 0. The molecule has 4 aliphatic carbocycles. The maximum atomic E-state index is 9.64. The maximum Gasteiger partial charge on any atom is 0.0580 e. The Morgan fingerprint density at radius 1 is 0.310 bits per heavy atom. The van der Waals surface area contributed by atoms with E-state index in [9.17, 15) is 10.2 Å². The zero-order valence-corrected chi connectivity index (χ0v) is 18.1. The van der Waals surface area contributed by atoms with Crippen molar-refractivity contribution < 1.29 is 24.4 Å². The van der Waals surface area contributed by atoms with Crippen LogP contribution < -0.4 is 0 Å². The largest absolute Gasteiger partial charge is 0.393 e. The third-order valence-corrected chi connectivity index (χ3v) is 7.68. The molecule has 0 atom stereocenters. The molecule has 0 radical (unpaired) electrons. The summed E-state index contributed by atoms with van der Waals surface area (Å²) in [4.78, 5) is 0. The number of hydrogen-bond acceptors (Lipinski definition) is 5. The van der Waals surface area contributed by atoms with Crippen molar-refractivity contribution in [2.24, 2.45) is 0 Å². The molecule has 0 aromatic carbocycles. The van der Waals surface area contributed by atoms with Gasteiger partial charge in [-0.15, -0.1) is 0 Å². The molecule has 168 valence electrons. The van der Waals surface area contributed by atoms with E-state index in [4.69, 9.17) is 14.2 Å². The van der Waals surface area contributed by atoms with Crippen molar-refractivity contribution in [3.8, 4) is 0 Å². The summed E-state index contributed by atoms with van der Waals surface area (Å²) in [5.74, 6) is 0. The molecular weight excluding hydrogens is 368 g/mol. The van der Waals surface area contributed by atoms with Crippen LogP contribution in [0.2, 0.25) is 0 Å². The zero-order chi connectivity index (χ0) is 20.1. The topological polar surface area (TPSA) is 68.2 Å². The van der Waals surface area contributed by atoms with Crippen LogP contribution >= 0.6 is 0 Å². The van der Waals surface area contributed by atoms with Gasteiger partial charge in [0.05, 0.1) is 48.8 Å². The highest BCUT2D eigenvalue weighted by molar-refractivity contribution is 4.81. The van der Waals surface area contributed by atoms with Gasteiger partial charge in [0.25, 0.3) is 0 Å². The second-order valence-electron chi connectivity index (χ2n) is 10.1. The smallest absolute Gasteiger partial charge is 0.0580 e. The van der Waals surface area contributed by atoms with Crippen molar-refractivity contribution in [2.75, 3.05) is 0 Å². The van der Waals surface area contributed by atoms with Gasteiger partial charge in [-0.05, 0) is 103 Å². The highest BCUT2D eigenvalue weighted by atomic mass is 16.5. The molecule has 29 heavy (non-hydrogen) atoms. The first-order valence-electron chi connectivity index (χ1n) is 12.5. The zero-order valence-electron chi connectivity index (χ0n) is 18.1. The Balaban J connectivity index is 1.08. The van der Waals surface area contributed by atoms with Gasteiger partial charge < -0.3 is 24.4 Å². The van der Waals surface area contributed by atoms with E-state index in [1.54, 1.807) is 0 Å². The Hall–Kier alpha value is -0.200. The van der Waals surface area contributed by atoms with Gasteiger partial charge in [-0.25, -0.2) is 0 Å². The normalized spacial score (nSPS) is 44.5. The van der Waals surface area contributed by atoms with Crippen molar-refractivity contribution in [1.29, 1.82) is 0 Å². The van der Waals surface area contributed by atoms with E-state index in [1.165, 1.54) is 0 Å². The second-order valence-corrected chi connectivity index (χ2v) is 10.1. The number of hydrogen-bond donors (Lipinski definition) is 2. The van der Waals surface area contributed by atoms with Crippen LogP contribution in [-0.2, 0) is 14.2 Å². The van der Waals surface area contributed by atoms with Crippen LogP contribution in [0.3, 0.4) is 0 Å². The molecule has 0 heterocycles. The highest BCUT2D eigenvalue weighted by Gasteiger charge is 2.31. The number of rotatable bonds is 6. The lowest BCUT2D eigenvalue weighted by Gasteiger charge is -2.37. The molecule has 4 rings (SSSR count). The second kappa shape index (κ2) is 10.9. The lowest BCUT2D eigenvalue weighted by Crippen LogP contribution is -2.36. The van der Waals surface area contributed by atoms with Crippen molar-refractivity contribution in [1.82, 2.24) is 0 Å². The van der Waals surface area contributed by atoms with Gasteiger partial charge >= 0.3 is 0 Å². The molecule has 4 saturated carbocycles. The Bertz CT molecular complexity index is 412. The summed E-state index contributed by atoms with van der Waals surface area (Å²) in [6, 6.07) is 0. The molecule has 4 aliphatic rings. The van der Waals surface area contributed by atoms with E-state index in [-0.39, 0.29) is 12.2 Å². The first-order valence-corrected chi connectivity index (χ1v) is 12.5. The van der Waals surface area contributed by atoms with E-state index >= 15 is 0 Å². The molecule has 0 amide bonds. The summed E-state index contributed by atoms with van der Waals surface area (Å²) >= 11 is 0. The summed E-state index contributed by atoms with van der Waals surface area (Å²) in [6.07, 6.45) is 18.8. The summed E-state index contributed by atoms with van der Waals surface area (Å²) in [5, 5.41) is 19.3. The van der Waals surface area contributed by atoms with E-state index in [0.29, 0.717) is 36.6 Å². The van der Waals surface area contributed by atoms with Gasteiger partial charge in [0.2, 0.25) is 0 Å². The van der Waals surface area contributed by atoms with Crippen LogP contribution in [0.1, 0.15) is 103 Å². The van der Waals surface area contributed by atoms with E-state index in [0.717, 1.165) is 103 Å². The van der Waals surface area contributed by atoms with E-state index in [2.05, 4.69) is 0 Å². The minimum absolute atomic E-state index is 0.102. The molecule has 0 aromatic rings. The number of ether oxygens (including phenoxy) is 3. The van der Waals surface area contributed by atoms with Crippen LogP contribution in [0.15, 0.2) is 0 Å². The minimum Gasteiger partial charge on any atom is -0.393 e. The lowest BCUT2D eigenvalue weighted by molar-refractivity contribution is -0.113. The molecule has 5 heteroatoms. The van der Waals surface area contributed by atoms with Gasteiger partial charge in [0, 0.05) is 0 Å². The van der Waals surface area contributed by atoms with Crippen molar-refractivity contribution in [3.05, 3.63) is 0 Å². The molecule has 5 nitrogen and oxygen atoms in total. The average molecular weight is 411 g/mol. The van der Waals surface area contributed by atoms with Gasteiger partial charge in [0.1, 0.15) is 0 Å². The van der Waals surface area contributed by atoms with Gasteiger partial charge in [-0.3, -0.25) is 0 Å². The van der Waals surface area contributed by atoms with Gasteiger partial charge in [0.15, 0.2) is 0 Å². The van der Waals surface area contributed by atoms with Crippen LogP contribution in [0.4, 0.5) is 0 Å². The molecule has 4 fully saturated rings. The molecule has 0 aromatic heterocycles. The van der Waals surface area contributed by atoms with Crippen LogP contribution in [0, 0.1) is 0 Å². The summed E-state index contributed by atoms with van der Waals surface area (Å²) in [7, 11) is 0. The molecule has 0 saturated heterocycles. The molecule has 0 aliphatic heterocycles. The van der Waals surface area contributed by atoms with Crippen LogP contribution in [0.25, 0.3) is 0 Å². The summed E-state index contributed by atoms with van der Waals surface area (Å²) < 4.78 is 19.1. The lowest BCUT2D eigenvalue weighted by atomic mass is 9.90. The molecular formula is C24H42O5. The fourth-order valence-corrected chi connectivity index (χ4v) is 5.79. The third-order valence-electron chi connectivity index (χ3n) is 7.68. The Kier molecular flexibility index (Phi) is 8.27. The molecule has 0 unspecified atom stereocenters. The van der Waals surface area contributed by atoms with Crippen LogP contribution in [-0.4, -0.2) is 59.0 Å². The standard InChI is InChI=1S/C24H42O5/c25-17-1-5-19(6-2-17)27-21-9-13-23(14-10-21)29-24-15-11-22(12-16-24)28-20-7-3-18(26)4-8-20/h17-26H,1-16H2. The Morgan fingerprint density at radius 3 is 0.690 bits per heavy atom. The molecule has 0 spiro atoms. The quantitative estimate of drug-likeness (QED) is 0.685. The fourth-order valence-electron chi connectivity index (χ4n) is 5.79. The van der Waals surface area contributed by atoms with Crippen molar-refractivity contribution >= 4 is 0 Å². The average Bonchev–Trinajstić information content (AvgIpc) is 2.74. The highest BCUT2D eigenvalue weighted by Crippen LogP contribution is 2.33. The predicted molar refractivity (Wildman–Crippen MR) is 112 cm³/mol. The molecule has 0 bridgehead atoms. The minimum atomic E-state index is -0.102. The van der Waals surface area contributed by atoms with Crippen molar-refractivity contribution in [3.63, 3.8) is 0 Å². The molecule has 2 N–H and O–H groups in total. The maximum absolute atomic E-state index is 9.64. The van der Waals surface area contributed by atoms with Gasteiger partial charge in [-0.1, -0.05) is 0 Å². The Morgan fingerprint density at radius 2 is 0.483 bits per heavy atom. The van der Waals surface area contributed by atoms with Crippen molar-refractivity contribution in [2.45, 2.75) is 152 Å². The first kappa shape index (κ1) is 22.0. The van der Waals surface area contributed by atoms with Crippen LogP contribution in [0.5, 0.6) is 0 Å².